The van der Waals surface area contributed by atoms with Crippen LogP contribution in [0.3, 0.4) is 0 Å². The first-order valence-electron chi connectivity index (χ1n) is 8.75. The van der Waals surface area contributed by atoms with E-state index in [-0.39, 0.29) is 16.2 Å². The zero-order chi connectivity index (χ0) is 20.3. The molecule has 1 aromatic heterocycles. The standard InChI is InChI=1S/C22H12Cl2FNO2S/c23-12-5-7-19-15(9-12)21(14-3-1-2-4-18(14)24)17-11-29(27,28)20-8-6-13(25)10-16(20)22(17)26-19/h1-10H,11H2. The number of pyridine rings is 1. The second-order valence-electron chi connectivity index (χ2n) is 6.85. The van der Waals surface area contributed by atoms with Crippen LogP contribution in [0.2, 0.25) is 10.0 Å². The molecule has 7 heteroatoms. The molecule has 4 aromatic rings. The number of sulfone groups is 1. The van der Waals surface area contributed by atoms with Gasteiger partial charge in [0.25, 0.3) is 0 Å². The average molecular weight is 444 g/mol. The van der Waals surface area contributed by atoms with E-state index in [1.54, 1.807) is 30.3 Å². The van der Waals surface area contributed by atoms with Crippen molar-refractivity contribution in [3.63, 3.8) is 0 Å². The molecule has 0 fully saturated rings. The number of halogens is 3. The summed E-state index contributed by atoms with van der Waals surface area (Å²) in [5, 5.41) is 1.67. The Morgan fingerprint density at radius 2 is 1.72 bits per heavy atom. The van der Waals surface area contributed by atoms with Crippen molar-refractivity contribution < 1.29 is 12.8 Å². The number of aromatic nitrogens is 1. The first-order chi connectivity index (χ1) is 13.8. The third-order valence-electron chi connectivity index (χ3n) is 5.06. The van der Waals surface area contributed by atoms with E-state index in [2.05, 4.69) is 4.98 Å². The van der Waals surface area contributed by atoms with Crippen LogP contribution in [0.5, 0.6) is 0 Å². The Balaban J connectivity index is 2.00. The highest BCUT2D eigenvalue weighted by Gasteiger charge is 2.33. The lowest BCUT2D eigenvalue weighted by atomic mass is 9.92. The molecule has 0 saturated heterocycles. The van der Waals surface area contributed by atoms with E-state index in [1.165, 1.54) is 12.1 Å². The third kappa shape index (κ3) is 2.92. The van der Waals surface area contributed by atoms with Gasteiger partial charge in [0.05, 0.1) is 21.9 Å². The molecular weight excluding hydrogens is 432 g/mol. The third-order valence-corrected chi connectivity index (χ3v) is 7.32. The molecule has 0 amide bonds. The van der Waals surface area contributed by atoms with E-state index in [0.717, 1.165) is 6.07 Å². The molecule has 2 heterocycles. The molecule has 0 aliphatic carbocycles. The fourth-order valence-corrected chi connectivity index (χ4v) is 5.82. The van der Waals surface area contributed by atoms with Crippen molar-refractivity contribution in [1.29, 1.82) is 0 Å². The lowest BCUT2D eigenvalue weighted by Gasteiger charge is -2.24. The van der Waals surface area contributed by atoms with Crippen LogP contribution in [0.4, 0.5) is 4.39 Å². The minimum atomic E-state index is -3.68. The van der Waals surface area contributed by atoms with Crippen LogP contribution in [0.25, 0.3) is 33.3 Å². The van der Waals surface area contributed by atoms with Gasteiger partial charge in [-0.15, -0.1) is 0 Å². The number of hydrogen-bond acceptors (Lipinski definition) is 3. The highest BCUT2D eigenvalue weighted by atomic mass is 35.5. The van der Waals surface area contributed by atoms with Crippen molar-refractivity contribution in [1.82, 2.24) is 4.98 Å². The Hall–Kier alpha value is -2.47. The monoisotopic (exact) mass is 443 g/mol. The van der Waals surface area contributed by atoms with Crippen molar-refractivity contribution in [2.24, 2.45) is 0 Å². The maximum absolute atomic E-state index is 14.0. The van der Waals surface area contributed by atoms with Gasteiger partial charge < -0.3 is 0 Å². The maximum Gasteiger partial charge on any atom is 0.183 e. The molecule has 1 aliphatic rings. The van der Waals surface area contributed by atoms with E-state index < -0.39 is 15.7 Å². The highest BCUT2D eigenvalue weighted by Crippen LogP contribution is 2.45. The van der Waals surface area contributed by atoms with E-state index in [9.17, 15) is 12.8 Å². The first-order valence-corrected chi connectivity index (χ1v) is 11.2. The molecular formula is C22H12Cl2FNO2S. The molecule has 0 radical (unpaired) electrons. The number of nitrogens with zero attached hydrogens (tertiary/aromatic N) is 1. The lowest BCUT2D eigenvalue weighted by molar-refractivity contribution is 0.593. The van der Waals surface area contributed by atoms with Crippen molar-refractivity contribution in [2.45, 2.75) is 10.6 Å². The van der Waals surface area contributed by atoms with Crippen LogP contribution < -0.4 is 0 Å². The molecule has 0 atom stereocenters. The lowest BCUT2D eigenvalue weighted by Crippen LogP contribution is -2.16. The van der Waals surface area contributed by atoms with Gasteiger partial charge in [-0.25, -0.2) is 17.8 Å². The van der Waals surface area contributed by atoms with Crippen LogP contribution in [0.1, 0.15) is 5.56 Å². The predicted molar refractivity (Wildman–Crippen MR) is 113 cm³/mol. The van der Waals surface area contributed by atoms with Gasteiger partial charge in [0.1, 0.15) is 5.82 Å². The summed E-state index contributed by atoms with van der Waals surface area (Å²) >= 11 is 12.7. The molecule has 0 unspecified atom stereocenters. The normalized spacial score (nSPS) is 14.4. The van der Waals surface area contributed by atoms with Crippen LogP contribution in [0, 0.1) is 5.82 Å². The van der Waals surface area contributed by atoms with Crippen LogP contribution in [-0.4, -0.2) is 13.4 Å². The van der Waals surface area contributed by atoms with Crippen molar-refractivity contribution >= 4 is 43.9 Å². The van der Waals surface area contributed by atoms with Gasteiger partial charge >= 0.3 is 0 Å². The van der Waals surface area contributed by atoms with E-state index >= 15 is 0 Å². The molecule has 0 bridgehead atoms. The molecule has 1 aliphatic heterocycles. The van der Waals surface area contributed by atoms with Crippen LogP contribution >= 0.6 is 23.2 Å². The minimum absolute atomic E-state index is 0.0809. The molecule has 3 nitrogen and oxygen atoms in total. The summed E-state index contributed by atoms with van der Waals surface area (Å²) in [4.78, 5) is 4.77. The zero-order valence-corrected chi connectivity index (χ0v) is 17.1. The van der Waals surface area contributed by atoms with Gasteiger partial charge in [-0.3, -0.25) is 0 Å². The molecule has 5 rings (SSSR count). The van der Waals surface area contributed by atoms with Crippen LogP contribution in [-0.2, 0) is 15.6 Å². The number of fused-ring (bicyclic) bond motifs is 4. The summed E-state index contributed by atoms with van der Waals surface area (Å²) in [5.74, 6) is -0.777. The summed E-state index contributed by atoms with van der Waals surface area (Å²) in [7, 11) is -3.68. The molecule has 0 spiro atoms. The fourth-order valence-electron chi connectivity index (χ4n) is 3.84. The second kappa shape index (κ2) is 6.52. The van der Waals surface area contributed by atoms with E-state index in [1.807, 2.05) is 12.1 Å². The SMILES string of the molecule is O=S1(=O)Cc2c(nc3ccc(Cl)cc3c2-c2ccccc2Cl)-c2cc(F)ccc21. The average Bonchev–Trinajstić information content (AvgIpc) is 2.67. The van der Waals surface area contributed by atoms with Gasteiger partial charge in [-0.1, -0.05) is 41.4 Å². The van der Waals surface area contributed by atoms with E-state index in [0.29, 0.717) is 43.3 Å². The molecule has 3 aromatic carbocycles. The number of benzene rings is 3. The van der Waals surface area contributed by atoms with Crippen molar-refractivity contribution in [3.8, 4) is 22.4 Å². The van der Waals surface area contributed by atoms with Gasteiger partial charge in [-0.05, 0) is 48.0 Å². The van der Waals surface area contributed by atoms with Crippen molar-refractivity contribution in [3.05, 3.63) is 82.1 Å². The number of rotatable bonds is 1. The summed E-state index contributed by atoms with van der Waals surface area (Å²) in [6, 6.07) is 16.1. The summed E-state index contributed by atoms with van der Waals surface area (Å²) < 4.78 is 40.1. The Morgan fingerprint density at radius 3 is 2.52 bits per heavy atom. The molecule has 0 N–H and O–H groups in total. The van der Waals surface area contributed by atoms with Crippen molar-refractivity contribution in [2.75, 3.05) is 0 Å². The smallest absolute Gasteiger partial charge is 0.183 e. The Morgan fingerprint density at radius 1 is 0.931 bits per heavy atom. The highest BCUT2D eigenvalue weighted by molar-refractivity contribution is 7.90. The quantitative estimate of drug-likeness (QED) is 0.324. The summed E-state index contributed by atoms with van der Waals surface area (Å²) in [6.07, 6.45) is 0. The predicted octanol–water partition coefficient (Wildman–Crippen LogP) is 6.30. The number of hydrogen-bond donors (Lipinski definition) is 0. The largest absolute Gasteiger partial charge is 0.247 e. The molecule has 29 heavy (non-hydrogen) atoms. The topological polar surface area (TPSA) is 47.0 Å². The molecule has 144 valence electrons. The summed E-state index contributed by atoms with van der Waals surface area (Å²) in [6.45, 7) is 0. The van der Waals surface area contributed by atoms with E-state index in [4.69, 9.17) is 23.2 Å². The van der Waals surface area contributed by atoms with Crippen LogP contribution in [0.15, 0.2) is 65.6 Å². The van der Waals surface area contributed by atoms with Gasteiger partial charge in [0.2, 0.25) is 0 Å². The Bertz CT molecular complexity index is 1430. The Kier molecular flexibility index (Phi) is 4.17. The van der Waals surface area contributed by atoms with Gasteiger partial charge in [-0.2, -0.15) is 0 Å². The molecule has 0 saturated carbocycles. The first kappa shape index (κ1) is 18.6. The second-order valence-corrected chi connectivity index (χ2v) is 9.66. The van der Waals surface area contributed by atoms with Gasteiger partial charge in [0, 0.05) is 32.1 Å². The maximum atomic E-state index is 14.0. The fraction of sp³-hybridized carbons (Fsp3) is 0.0455. The van der Waals surface area contributed by atoms with Gasteiger partial charge in [0.15, 0.2) is 9.84 Å². The summed E-state index contributed by atoms with van der Waals surface area (Å²) in [5.41, 5.74) is 3.14. The minimum Gasteiger partial charge on any atom is -0.247 e. The Labute approximate surface area is 176 Å². The zero-order valence-electron chi connectivity index (χ0n) is 14.8.